The molecule has 0 spiro atoms. The van der Waals surface area contributed by atoms with E-state index in [4.69, 9.17) is 14.9 Å². The molecule has 0 fully saturated rings. The average molecular weight is 304 g/mol. The van der Waals surface area contributed by atoms with Gasteiger partial charge in [0.2, 0.25) is 0 Å². The first kappa shape index (κ1) is 14.4. The van der Waals surface area contributed by atoms with E-state index in [1.165, 1.54) is 0 Å². The van der Waals surface area contributed by atoms with Gasteiger partial charge in [0, 0.05) is 16.6 Å². The number of likely N-dealkylation sites (N-methyl/N-ethyl adjacent to an activating group) is 1. The number of aliphatic hydroxyl groups is 2. The van der Waals surface area contributed by atoms with Crippen LogP contribution in [0.2, 0.25) is 0 Å². The topological polar surface area (TPSA) is 52.9 Å². The highest BCUT2D eigenvalue weighted by Gasteiger charge is 2.14. The maximum absolute atomic E-state index is 9.11. The Morgan fingerprint density at radius 2 is 2.00 bits per heavy atom. The Kier molecular flexibility index (Phi) is 5.91. The smallest absolute Gasteiger partial charge is 0.123 e. The summed E-state index contributed by atoms with van der Waals surface area (Å²) >= 11 is 3.41. The van der Waals surface area contributed by atoms with Gasteiger partial charge in [-0.2, -0.15) is 0 Å². The fourth-order valence-electron chi connectivity index (χ4n) is 1.61. The summed E-state index contributed by atoms with van der Waals surface area (Å²) in [6.07, 6.45) is 0. The Bertz CT molecular complexity index is 356. The van der Waals surface area contributed by atoms with E-state index in [-0.39, 0.29) is 19.3 Å². The highest BCUT2D eigenvalue weighted by molar-refractivity contribution is 9.10. The third-order valence-corrected chi connectivity index (χ3v) is 3.20. The van der Waals surface area contributed by atoms with Gasteiger partial charge in [-0.3, -0.25) is 4.90 Å². The van der Waals surface area contributed by atoms with Crippen LogP contribution in [0.15, 0.2) is 22.7 Å². The van der Waals surface area contributed by atoms with Gasteiger partial charge in [-0.25, -0.2) is 0 Å². The van der Waals surface area contributed by atoms with Crippen molar-refractivity contribution in [1.29, 1.82) is 0 Å². The second-order valence-corrected chi connectivity index (χ2v) is 4.81. The lowest BCUT2D eigenvalue weighted by molar-refractivity contribution is 0.0868. The highest BCUT2D eigenvalue weighted by Crippen LogP contribution is 2.24. The van der Waals surface area contributed by atoms with Crippen molar-refractivity contribution in [3.8, 4) is 5.75 Å². The minimum Gasteiger partial charge on any atom is -0.496 e. The number of methoxy groups -OCH3 is 1. The molecule has 0 unspecified atom stereocenters. The van der Waals surface area contributed by atoms with Crippen LogP contribution in [0.25, 0.3) is 0 Å². The van der Waals surface area contributed by atoms with Gasteiger partial charge < -0.3 is 14.9 Å². The van der Waals surface area contributed by atoms with E-state index in [9.17, 15) is 0 Å². The average Bonchev–Trinajstić information content (AvgIpc) is 2.31. The number of hydrogen-bond acceptors (Lipinski definition) is 4. The van der Waals surface area contributed by atoms with Crippen LogP contribution in [-0.4, -0.2) is 48.5 Å². The molecular formula is C12H18BrNO3. The number of ether oxygens (including phenoxy) is 1. The summed E-state index contributed by atoms with van der Waals surface area (Å²) in [6, 6.07) is 5.53. The van der Waals surface area contributed by atoms with E-state index in [0.29, 0.717) is 6.54 Å². The fourth-order valence-corrected chi connectivity index (χ4v) is 2.01. The van der Waals surface area contributed by atoms with E-state index in [1.54, 1.807) is 7.11 Å². The number of aliphatic hydroxyl groups excluding tert-OH is 2. The largest absolute Gasteiger partial charge is 0.496 e. The Morgan fingerprint density at radius 3 is 2.53 bits per heavy atom. The first-order valence-corrected chi connectivity index (χ1v) is 6.16. The van der Waals surface area contributed by atoms with Gasteiger partial charge >= 0.3 is 0 Å². The van der Waals surface area contributed by atoms with Crippen LogP contribution in [0, 0.1) is 0 Å². The molecule has 0 bridgehead atoms. The highest BCUT2D eigenvalue weighted by atomic mass is 79.9. The third-order valence-electron chi connectivity index (χ3n) is 2.71. The Balaban J connectivity index is 2.82. The maximum atomic E-state index is 9.11. The number of benzene rings is 1. The zero-order valence-corrected chi connectivity index (χ0v) is 11.6. The monoisotopic (exact) mass is 303 g/mol. The molecule has 0 saturated heterocycles. The standard InChI is InChI=1S/C12H18BrNO3/c1-14(11(7-15)8-16)6-9-5-10(13)3-4-12(9)17-2/h3-5,11,15-16H,6-8H2,1-2H3. The molecular weight excluding hydrogens is 286 g/mol. The van der Waals surface area contributed by atoms with Crippen LogP contribution in [0.1, 0.15) is 5.56 Å². The minimum atomic E-state index is -0.251. The van der Waals surface area contributed by atoms with E-state index < -0.39 is 0 Å². The lowest BCUT2D eigenvalue weighted by atomic mass is 10.1. The van der Waals surface area contributed by atoms with E-state index in [1.807, 2.05) is 30.1 Å². The maximum Gasteiger partial charge on any atom is 0.123 e. The van der Waals surface area contributed by atoms with Gasteiger partial charge in [0.05, 0.1) is 26.4 Å². The van der Waals surface area contributed by atoms with Crippen molar-refractivity contribution in [3.05, 3.63) is 28.2 Å². The molecule has 0 atom stereocenters. The second-order valence-electron chi connectivity index (χ2n) is 3.89. The van der Waals surface area contributed by atoms with Crippen molar-refractivity contribution in [1.82, 2.24) is 4.90 Å². The van der Waals surface area contributed by atoms with Crippen LogP contribution in [0.5, 0.6) is 5.75 Å². The Labute approximate surface area is 110 Å². The molecule has 96 valence electrons. The molecule has 4 nitrogen and oxygen atoms in total. The molecule has 0 aliphatic carbocycles. The van der Waals surface area contributed by atoms with Crippen molar-refractivity contribution in [2.75, 3.05) is 27.4 Å². The predicted molar refractivity (Wildman–Crippen MR) is 70.1 cm³/mol. The summed E-state index contributed by atoms with van der Waals surface area (Å²) in [6.45, 7) is 0.473. The first-order valence-electron chi connectivity index (χ1n) is 5.36. The molecule has 0 aliphatic rings. The minimum absolute atomic E-state index is 0.0662. The van der Waals surface area contributed by atoms with Crippen LogP contribution in [0.4, 0.5) is 0 Å². The Hall–Kier alpha value is -0.620. The quantitative estimate of drug-likeness (QED) is 0.830. The Morgan fingerprint density at radius 1 is 1.35 bits per heavy atom. The molecule has 0 radical (unpaired) electrons. The number of halogens is 1. The molecule has 2 N–H and O–H groups in total. The van der Waals surface area contributed by atoms with E-state index >= 15 is 0 Å². The van der Waals surface area contributed by atoms with Gasteiger partial charge in [-0.15, -0.1) is 0 Å². The summed E-state index contributed by atoms with van der Waals surface area (Å²) in [4.78, 5) is 1.89. The predicted octanol–water partition coefficient (Wildman–Crippen LogP) is 1.24. The zero-order chi connectivity index (χ0) is 12.8. The number of hydrogen-bond donors (Lipinski definition) is 2. The normalized spacial score (nSPS) is 11.2. The van der Waals surface area contributed by atoms with Crippen molar-refractivity contribution >= 4 is 15.9 Å². The molecule has 0 saturated carbocycles. The molecule has 1 aromatic carbocycles. The molecule has 5 heteroatoms. The molecule has 1 aromatic rings. The van der Waals surface area contributed by atoms with Crippen molar-refractivity contribution < 1.29 is 14.9 Å². The van der Waals surface area contributed by atoms with E-state index in [0.717, 1.165) is 15.8 Å². The van der Waals surface area contributed by atoms with Crippen LogP contribution in [0.3, 0.4) is 0 Å². The lowest BCUT2D eigenvalue weighted by Crippen LogP contribution is -2.37. The van der Waals surface area contributed by atoms with Gasteiger partial charge in [0.25, 0.3) is 0 Å². The summed E-state index contributed by atoms with van der Waals surface area (Å²) in [5, 5.41) is 18.2. The zero-order valence-electron chi connectivity index (χ0n) is 10.1. The fraction of sp³-hybridized carbons (Fsp3) is 0.500. The first-order chi connectivity index (χ1) is 8.12. The van der Waals surface area contributed by atoms with Gasteiger partial charge in [0.1, 0.15) is 5.75 Å². The van der Waals surface area contributed by atoms with Crippen LogP contribution < -0.4 is 4.74 Å². The van der Waals surface area contributed by atoms with Crippen molar-refractivity contribution in [3.63, 3.8) is 0 Å². The molecule has 0 amide bonds. The van der Waals surface area contributed by atoms with Crippen LogP contribution >= 0.6 is 15.9 Å². The van der Waals surface area contributed by atoms with Gasteiger partial charge in [-0.05, 0) is 25.2 Å². The molecule has 0 heterocycles. The molecule has 0 aliphatic heterocycles. The SMILES string of the molecule is COc1ccc(Br)cc1CN(C)C(CO)CO. The lowest BCUT2D eigenvalue weighted by Gasteiger charge is -2.25. The van der Waals surface area contributed by atoms with Crippen molar-refractivity contribution in [2.45, 2.75) is 12.6 Å². The summed E-state index contributed by atoms with van der Waals surface area (Å²) < 4.78 is 6.25. The van der Waals surface area contributed by atoms with E-state index in [2.05, 4.69) is 15.9 Å². The second kappa shape index (κ2) is 6.96. The van der Waals surface area contributed by atoms with Crippen LogP contribution in [-0.2, 0) is 6.54 Å². The molecule has 0 aromatic heterocycles. The molecule has 17 heavy (non-hydrogen) atoms. The third kappa shape index (κ3) is 3.96. The summed E-state index contributed by atoms with van der Waals surface area (Å²) in [5.41, 5.74) is 1.01. The number of rotatable bonds is 6. The van der Waals surface area contributed by atoms with Crippen molar-refractivity contribution in [2.24, 2.45) is 0 Å². The van der Waals surface area contributed by atoms with Gasteiger partial charge in [-0.1, -0.05) is 15.9 Å². The molecule has 1 rings (SSSR count). The van der Waals surface area contributed by atoms with Gasteiger partial charge in [0.15, 0.2) is 0 Å². The summed E-state index contributed by atoms with van der Waals surface area (Å²) in [7, 11) is 3.49. The summed E-state index contributed by atoms with van der Waals surface area (Å²) in [5.74, 6) is 0.801. The number of nitrogens with zero attached hydrogens (tertiary/aromatic N) is 1.